The van der Waals surface area contributed by atoms with E-state index in [4.69, 9.17) is 5.73 Å². The Balaban J connectivity index is 2.35. The molecule has 3 nitrogen and oxygen atoms in total. The highest BCUT2D eigenvalue weighted by Crippen LogP contribution is 2.18. The third-order valence-corrected chi connectivity index (χ3v) is 3.42. The van der Waals surface area contributed by atoms with Gasteiger partial charge in [-0.2, -0.15) is 0 Å². The topological polar surface area (TPSA) is 50.9 Å². The first-order valence-corrected chi connectivity index (χ1v) is 6.48. The quantitative estimate of drug-likeness (QED) is 0.750. The lowest BCUT2D eigenvalue weighted by Gasteiger charge is -2.17. The summed E-state index contributed by atoms with van der Waals surface area (Å²) in [4.78, 5) is 4.34. The molecule has 2 unspecified atom stereocenters. The van der Waals surface area contributed by atoms with Gasteiger partial charge >= 0.3 is 0 Å². The van der Waals surface area contributed by atoms with Gasteiger partial charge in [0.1, 0.15) is 5.01 Å². The number of hydrogen-bond acceptors (Lipinski definition) is 4. The van der Waals surface area contributed by atoms with Gasteiger partial charge < -0.3 is 11.1 Å². The standard InChI is InChI=1S/C11H21N3S/c1-3-10(11-13-6-7-15-11)14-8-9(2)4-5-12/h6-7,9-10,14H,3-5,8,12H2,1-2H3. The SMILES string of the molecule is CCC(NCC(C)CCN)c1nccs1. The average molecular weight is 227 g/mol. The van der Waals surface area contributed by atoms with Crippen molar-refractivity contribution in [3.8, 4) is 0 Å². The van der Waals surface area contributed by atoms with E-state index in [1.807, 2.05) is 11.6 Å². The molecule has 0 aromatic carbocycles. The fourth-order valence-electron chi connectivity index (χ4n) is 1.54. The molecule has 1 aromatic rings. The maximum absolute atomic E-state index is 5.52. The molecule has 1 heterocycles. The summed E-state index contributed by atoms with van der Waals surface area (Å²) < 4.78 is 0. The molecule has 0 spiro atoms. The van der Waals surface area contributed by atoms with E-state index < -0.39 is 0 Å². The van der Waals surface area contributed by atoms with E-state index in [-0.39, 0.29) is 0 Å². The van der Waals surface area contributed by atoms with Crippen LogP contribution in [0.2, 0.25) is 0 Å². The third kappa shape index (κ3) is 4.28. The Bertz CT molecular complexity index is 248. The third-order valence-electron chi connectivity index (χ3n) is 2.53. The normalized spacial score (nSPS) is 15.1. The zero-order chi connectivity index (χ0) is 11.1. The Labute approximate surface area is 96.1 Å². The molecule has 0 aliphatic carbocycles. The van der Waals surface area contributed by atoms with E-state index in [0.717, 1.165) is 25.9 Å². The van der Waals surface area contributed by atoms with Crippen LogP contribution in [0.5, 0.6) is 0 Å². The van der Waals surface area contributed by atoms with Crippen molar-refractivity contribution in [3.63, 3.8) is 0 Å². The lowest BCUT2D eigenvalue weighted by molar-refractivity contribution is 0.430. The number of rotatable bonds is 7. The second kappa shape index (κ2) is 6.93. The van der Waals surface area contributed by atoms with Crippen LogP contribution in [-0.2, 0) is 0 Å². The van der Waals surface area contributed by atoms with Gasteiger partial charge in [0.2, 0.25) is 0 Å². The monoisotopic (exact) mass is 227 g/mol. The van der Waals surface area contributed by atoms with Gasteiger partial charge in [-0.25, -0.2) is 4.98 Å². The van der Waals surface area contributed by atoms with Crippen molar-refractivity contribution < 1.29 is 0 Å². The Morgan fingerprint density at radius 3 is 2.93 bits per heavy atom. The van der Waals surface area contributed by atoms with Gasteiger partial charge in [0.25, 0.3) is 0 Å². The highest BCUT2D eigenvalue weighted by atomic mass is 32.1. The fraction of sp³-hybridized carbons (Fsp3) is 0.727. The number of thiazole rings is 1. The fourth-order valence-corrected chi connectivity index (χ4v) is 2.34. The number of nitrogens with zero attached hydrogens (tertiary/aromatic N) is 1. The molecule has 86 valence electrons. The van der Waals surface area contributed by atoms with Crippen molar-refractivity contribution in [1.29, 1.82) is 0 Å². The summed E-state index contributed by atoms with van der Waals surface area (Å²) >= 11 is 1.72. The molecule has 0 aliphatic heterocycles. The summed E-state index contributed by atoms with van der Waals surface area (Å²) in [6.45, 7) is 6.22. The maximum atomic E-state index is 5.52. The number of nitrogens with one attached hydrogen (secondary N) is 1. The van der Waals surface area contributed by atoms with E-state index in [0.29, 0.717) is 12.0 Å². The molecule has 0 saturated carbocycles. The van der Waals surface area contributed by atoms with Gasteiger partial charge in [-0.15, -0.1) is 11.3 Å². The minimum Gasteiger partial charge on any atom is -0.330 e. The minimum absolute atomic E-state index is 0.408. The molecule has 0 saturated heterocycles. The van der Waals surface area contributed by atoms with Gasteiger partial charge in [0.05, 0.1) is 6.04 Å². The first-order valence-electron chi connectivity index (χ1n) is 5.60. The Hall–Kier alpha value is -0.450. The first kappa shape index (κ1) is 12.6. The van der Waals surface area contributed by atoms with Crippen LogP contribution in [0.1, 0.15) is 37.7 Å². The van der Waals surface area contributed by atoms with Gasteiger partial charge in [-0.3, -0.25) is 0 Å². The molecular formula is C11H21N3S. The molecule has 0 aliphatic rings. The van der Waals surface area contributed by atoms with E-state index in [2.05, 4.69) is 24.1 Å². The zero-order valence-electron chi connectivity index (χ0n) is 9.57. The molecule has 3 N–H and O–H groups in total. The van der Waals surface area contributed by atoms with Crippen molar-refractivity contribution in [2.75, 3.05) is 13.1 Å². The highest BCUT2D eigenvalue weighted by molar-refractivity contribution is 7.09. The first-order chi connectivity index (χ1) is 7.27. The second-order valence-electron chi connectivity index (χ2n) is 3.92. The minimum atomic E-state index is 0.408. The summed E-state index contributed by atoms with van der Waals surface area (Å²) in [6, 6.07) is 0.408. The molecule has 15 heavy (non-hydrogen) atoms. The van der Waals surface area contributed by atoms with E-state index in [1.165, 1.54) is 5.01 Å². The summed E-state index contributed by atoms with van der Waals surface area (Å²) in [5.41, 5.74) is 5.52. The van der Waals surface area contributed by atoms with Crippen molar-refractivity contribution in [2.24, 2.45) is 11.7 Å². The van der Waals surface area contributed by atoms with Crippen molar-refractivity contribution in [2.45, 2.75) is 32.7 Å². The molecule has 1 aromatic heterocycles. The van der Waals surface area contributed by atoms with Gasteiger partial charge in [0.15, 0.2) is 0 Å². The smallest absolute Gasteiger partial charge is 0.109 e. The van der Waals surface area contributed by atoms with Crippen LogP contribution in [0.4, 0.5) is 0 Å². The van der Waals surface area contributed by atoms with E-state index in [9.17, 15) is 0 Å². The van der Waals surface area contributed by atoms with E-state index in [1.54, 1.807) is 11.3 Å². The predicted molar refractivity (Wildman–Crippen MR) is 66.0 cm³/mol. The Morgan fingerprint density at radius 2 is 2.40 bits per heavy atom. The Kier molecular flexibility index (Phi) is 5.83. The lowest BCUT2D eigenvalue weighted by Crippen LogP contribution is -2.27. The Morgan fingerprint density at radius 1 is 1.60 bits per heavy atom. The van der Waals surface area contributed by atoms with Crippen LogP contribution in [-0.4, -0.2) is 18.1 Å². The summed E-state index contributed by atoms with van der Waals surface area (Å²) in [5.74, 6) is 0.643. The maximum Gasteiger partial charge on any atom is 0.109 e. The number of nitrogens with two attached hydrogens (primary N) is 1. The summed E-state index contributed by atoms with van der Waals surface area (Å²) in [5, 5.41) is 6.77. The molecule has 0 amide bonds. The van der Waals surface area contributed by atoms with Crippen molar-refractivity contribution in [1.82, 2.24) is 10.3 Å². The number of aromatic nitrogens is 1. The van der Waals surface area contributed by atoms with Crippen LogP contribution in [0, 0.1) is 5.92 Å². The second-order valence-corrected chi connectivity index (χ2v) is 4.85. The molecule has 1 rings (SSSR count). The lowest BCUT2D eigenvalue weighted by atomic mass is 10.1. The molecular weight excluding hydrogens is 206 g/mol. The number of hydrogen-bond donors (Lipinski definition) is 2. The molecule has 0 fully saturated rings. The van der Waals surface area contributed by atoms with Crippen molar-refractivity contribution >= 4 is 11.3 Å². The molecule has 0 radical (unpaired) electrons. The van der Waals surface area contributed by atoms with Crippen LogP contribution >= 0.6 is 11.3 Å². The predicted octanol–water partition coefficient (Wildman–Crippen LogP) is 2.17. The average Bonchev–Trinajstić information content (AvgIpc) is 2.72. The van der Waals surface area contributed by atoms with Gasteiger partial charge in [0, 0.05) is 11.6 Å². The van der Waals surface area contributed by atoms with E-state index >= 15 is 0 Å². The van der Waals surface area contributed by atoms with Gasteiger partial charge in [-0.1, -0.05) is 13.8 Å². The van der Waals surface area contributed by atoms with Crippen LogP contribution in [0.25, 0.3) is 0 Å². The zero-order valence-corrected chi connectivity index (χ0v) is 10.4. The molecule has 0 bridgehead atoms. The molecule has 4 heteroatoms. The van der Waals surface area contributed by atoms with Crippen LogP contribution in [0.3, 0.4) is 0 Å². The largest absolute Gasteiger partial charge is 0.330 e. The highest BCUT2D eigenvalue weighted by Gasteiger charge is 2.12. The van der Waals surface area contributed by atoms with Crippen LogP contribution < -0.4 is 11.1 Å². The van der Waals surface area contributed by atoms with Crippen LogP contribution in [0.15, 0.2) is 11.6 Å². The summed E-state index contributed by atoms with van der Waals surface area (Å²) in [7, 11) is 0. The molecule has 2 atom stereocenters. The van der Waals surface area contributed by atoms with Crippen molar-refractivity contribution in [3.05, 3.63) is 16.6 Å². The summed E-state index contributed by atoms with van der Waals surface area (Å²) in [6.07, 6.45) is 4.04. The van der Waals surface area contributed by atoms with Gasteiger partial charge in [-0.05, 0) is 31.8 Å².